The van der Waals surface area contributed by atoms with Crippen molar-refractivity contribution in [2.45, 2.75) is 6.92 Å². The van der Waals surface area contributed by atoms with Gasteiger partial charge in [-0.3, -0.25) is 19.2 Å². The van der Waals surface area contributed by atoms with E-state index in [1.54, 1.807) is 6.92 Å². The monoisotopic (exact) mass is 415 g/mol. The van der Waals surface area contributed by atoms with Gasteiger partial charge >= 0.3 is 0 Å². The summed E-state index contributed by atoms with van der Waals surface area (Å²) < 4.78 is 38.2. The molecule has 27 heavy (non-hydrogen) atoms. The molecule has 0 heterocycles. The van der Waals surface area contributed by atoms with Crippen molar-refractivity contribution in [2.24, 2.45) is 0 Å². The van der Waals surface area contributed by atoms with Crippen molar-refractivity contribution in [3.63, 3.8) is 0 Å². The van der Waals surface area contributed by atoms with Gasteiger partial charge in [0.05, 0.1) is 27.6 Å². The summed E-state index contributed by atoms with van der Waals surface area (Å²) in [7, 11) is -3.88. The first-order valence-corrected chi connectivity index (χ1v) is 9.69. The average molecular weight is 416 g/mol. The van der Waals surface area contributed by atoms with Crippen LogP contribution in [0.15, 0.2) is 36.4 Å². The summed E-state index contributed by atoms with van der Waals surface area (Å²) in [5, 5.41) is 13.0. The minimum atomic E-state index is -3.88. The zero-order valence-corrected chi connectivity index (χ0v) is 15.8. The zero-order chi connectivity index (χ0) is 20.4. The Kier molecular flexibility index (Phi) is 6.01. The molecule has 1 amide bonds. The van der Waals surface area contributed by atoms with Gasteiger partial charge in [0, 0.05) is 12.1 Å². The summed E-state index contributed by atoms with van der Waals surface area (Å²) in [5.41, 5.74) is 0.528. The van der Waals surface area contributed by atoms with Gasteiger partial charge in [-0.15, -0.1) is 0 Å². The van der Waals surface area contributed by atoms with Gasteiger partial charge in [0.25, 0.3) is 5.69 Å². The predicted molar refractivity (Wildman–Crippen MR) is 100 cm³/mol. The van der Waals surface area contributed by atoms with Gasteiger partial charge in [0.1, 0.15) is 12.4 Å². The fourth-order valence-electron chi connectivity index (χ4n) is 2.22. The van der Waals surface area contributed by atoms with Gasteiger partial charge in [-0.2, -0.15) is 0 Å². The summed E-state index contributed by atoms with van der Waals surface area (Å²) in [5.74, 6) is -1.46. The Morgan fingerprint density at radius 3 is 2.52 bits per heavy atom. The number of amides is 1. The van der Waals surface area contributed by atoms with Crippen molar-refractivity contribution in [2.75, 3.05) is 22.4 Å². The second kappa shape index (κ2) is 7.89. The third-order valence-electron chi connectivity index (χ3n) is 3.58. The molecule has 0 radical (unpaired) electrons. The molecule has 144 valence electrons. The lowest BCUT2D eigenvalue weighted by Crippen LogP contribution is -2.37. The number of carbonyl (C=O) groups excluding carboxylic acids is 1. The van der Waals surface area contributed by atoms with E-state index in [1.165, 1.54) is 24.3 Å². The highest BCUT2D eigenvalue weighted by Gasteiger charge is 2.22. The number of rotatable bonds is 6. The average Bonchev–Trinajstić information content (AvgIpc) is 2.56. The van der Waals surface area contributed by atoms with Gasteiger partial charge in [-0.05, 0) is 30.7 Å². The van der Waals surface area contributed by atoms with Crippen LogP contribution in [0.4, 0.5) is 21.5 Å². The first-order chi connectivity index (χ1) is 12.5. The number of hydrogen-bond donors (Lipinski definition) is 1. The Balaban J connectivity index is 2.28. The lowest BCUT2D eigenvalue weighted by molar-refractivity contribution is -0.384. The van der Waals surface area contributed by atoms with Crippen LogP contribution in [-0.4, -0.2) is 32.0 Å². The maximum atomic E-state index is 13.3. The normalized spacial score (nSPS) is 11.1. The highest BCUT2D eigenvalue weighted by Crippen LogP contribution is 2.25. The molecule has 0 aliphatic carbocycles. The van der Waals surface area contributed by atoms with Crippen molar-refractivity contribution in [1.82, 2.24) is 0 Å². The molecule has 0 bridgehead atoms. The molecule has 2 aromatic carbocycles. The molecule has 8 nitrogen and oxygen atoms in total. The van der Waals surface area contributed by atoms with Crippen molar-refractivity contribution < 1.29 is 22.5 Å². The van der Waals surface area contributed by atoms with Gasteiger partial charge in [-0.25, -0.2) is 12.8 Å². The minimum absolute atomic E-state index is 0.00909. The van der Waals surface area contributed by atoms with Gasteiger partial charge < -0.3 is 5.32 Å². The number of halogens is 2. The number of aryl methyl sites for hydroxylation is 1. The van der Waals surface area contributed by atoms with Gasteiger partial charge in [-0.1, -0.05) is 17.7 Å². The van der Waals surface area contributed by atoms with Crippen LogP contribution in [0.3, 0.4) is 0 Å². The lowest BCUT2D eigenvalue weighted by Gasteiger charge is -2.22. The van der Waals surface area contributed by atoms with E-state index in [-0.39, 0.29) is 22.1 Å². The van der Waals surface area contributed by atoms with Crippen LogP contribution < -0.4 is 9.62 Å². The molecular formula is C16H15ClFN3O5S. The summed E-state index contributed by atoms with van der Waals surface area (Å²) in [6, 6.07) is 7.17. The highest BCUT2D eigenvalue weighted by atomic mass is 35.5. The van der Waals surface area contributed by atoms with E-state index >= 15 is 0 Å². The molecule has 11 heteroatoms. The zero-order valence-electron chi connectivity index (χ0n) is 14.3. The van der Waals surface area contributed by atoms with Crippen LogP contribution >= 0.6 is 11.6 Å². The molecule has 0 aliphatic rings. The van der Waals surface area contributed by atoms with E-state index in [4.69, 9.17) is 11.6 Å². The molecule has 0 saturated heterocycles. The first kappa shape index (κ1) is 20.6. The summed E-state index contributed by atoms with van der Waals surface area (Å²) in [4.78, 5) is 22.6. The van der Waals surface area contributed by atoms with Crippen LogP contribution in [0.5, 0.6) is 0 Å². The Morgan fingerprint density at radius 2 is 1.96 bits per heavy atom. The summed E-state index contributed by atoms with van der Waals surface area (Å²) in [6.07, 6.45) is 0.885. The van der Waals surface area contributed by atoms with E-state index in [9.17, 15) is 27.7 Å². The smallest absolute Gasteiger partial charge is 0.271 e. The molecule has 2 aromatic rings. The molecule has 0 fully saturated rings. The quantitative estimate of drug-likeness (QED) is 0.575. The van der Waals surface area contributed by atoms with Crippen LogP contribution in [0.1, 0.15) is 5.56 Å². The number of nitro benzene ring substituents is 1. The number of benzene rings is 2. The number of hydrogen-bond acceptors (Lipinski definition) is 5. The maximum Gasteiger partial charge on any atom is 0.271 e. The Bertz CT molecular complexity index is 1010. The van der Waals surface area contributed by atoms with E-state index in [1.807, 2.05) is 0 Å². The fourth-order valence-corrected chi connectivity index (χ4v) is 3.24. The van der Waals surface area contributed by atoms with E-state index in [2.05, 4.69) is 5.32 Å². The Labute approximate surface area is 159 Å². The SMILES string of the molecule is Cc1ccc([N+](=O)[O-])cc1NC(=O)CN(c1ccc(F)c(Cl)c1)S(C)(=O)=O. The van der Waals surface area contributed by atoms with Crippen molar-refractivity contribution in [1.29, 1.82) is 0 Å². The van der Waals surface area contributed by atoms with Crippen LogP contribution in [-0.2, 0) is 14.8 Å². The van der Waals surface area contributed by atoms with Crippen LogP contribution in [0.25, 0.3) is 0 Å². The molecule has 0 saturated carbocycles. The summed E-state index contributed by atoms with van der Waals surface area (Å²) in [6.45, 7) is 1.01. The Morgan fingerprint density at radius 1 is 1.30 bits per heavy atom. The molecule has 0 spiro atoms. The topological polar surface area (TPSA) is 110 Å². The lowest BCUT2D eigenvalue weighted by atomic mass is 10.2. The largest absolute Gasteiger partial charge is 0.324 e. The minimum Gasteiger partial charge on any atom is -0.324 e. The summed E-state index contributed by atoms with van der Waals surface area (Å²) >= 11 is 5.68. The molecule has 0 atom stereocenters. The highest BCUT2D eigenvalue weighted by molar-refractivity contribution is 7.92. The fraction of sp³-hybridized carbons (Fsp3) is 0.188. The number of nitro groups is 1. The third kappa shape index (κ3) is 5.14. The van der Waals surface area contributed by atoms with E-state index in [0.29, 0.717) is 5.56 Å². The van der Waals surface area contributed by atoms with Crippen molar-refractivity contribution in [3.05, 3.63) is 62.9 Å². The number of anilines is 2. The predicted octanol–water partition coefficient (Wildman–Crippen LogP) is 3.10. The number of non-ortho nitro benzene ring substituents is 1. The van der Waals surface area contributed by atoms with Gasteiger partial charge in [0.2, 0.25) is 15.9 Å². The molecular weight excluding hydrogens is 401 g/mol. The molecule has 2 rings (SSSR count). The number of carbonyl (C=O) groups is 1. The van der Waals surface area contributed by atoms with Crippen molar-refractivity contribution in [3.8, 4) is 0 Å². The number of nitrogens with one attached hydrogen (secondary N) is 1. The molecule has 0 unspecified atom stereocenters. The van der Waals surface area contributed by atoms with Crippen LogP contribution in [0, 0.1) is 22.9 Å². The van der Waals surface area contributed by atoms with E-state index < -0.39 is 33.2 Å². The Hall–Kier alpha value is -2.72. The first-order valence-electron chi connectivity index (χ1n) is 7.46. The van der Waals surface area contributed by atoms with Crippen molar-refractivity contribution >= 4 is 44.6 Å². The molecule has 1 N–H and O–H groups in total. The second-order valence-corrected chi connectivity index (χ2v) is 7.99. The van der Waals surface area contributed by atoms with Gasteiger partial charge in [0.15, 0.2) is 0 Å². The standard InChI is InChI=1S/C16H15ClFN3O5S/c1-10-3-4-12(21(23)24)8-15(10)19-16(22)9-20(27(2,25)26)11-5-6-14(18)13(17)7-11/h3-8H,9H2,1-2H3,(H,19,22). The molecule has 0 aromatic heterocycles. The van der Waals surface area contributed by atoms with Crippen LogP contribution in [0.2, 0.25) is 5.02 Å². The second-order valence-electron chi connectivity index (χ2n) is 5.67. The third-order valence-corrected chi connectivity index (χ3v) is 5.02. The molecule has 0 aliphatic heterocycles. The number of sulfonamides is 1. The number of nitrogens with zero attached hydrogens (tertiary/aromatic N) is 2. The van der Waals surface area contributed by atoms with E-state index in [0.717, 1.165) is 22.7 Å². The maximum absolute atomic E-state index is 13.3.